The van der Waals surface area contributed by atoms with Gasteiger partial charge in [0.15, 0.2) is 23.1 Å². The first-order chi connectivity index (χ1) is 16.3. The lowest BCUT2D eigenvalue weighted by Crippen LogP contribution is -2.55. The summed E-state index contributed by atoms with van der Waals surface area (Å²) in [5.74, 6) is -8.24. The number of phenols is 4. The molecule has 0 bridgehead atoms. The average molecular weight is 492 g/mol. The number of ketones is 2. The number of hydrogen-bond acceptors (Lipinski definition) is 12. The van der Waals surface area contributed by atoms with Crippen LogP contribution in [0.15, 0.2) is 6.07 Å². The van der Waals surface area contributed by atoms with Crippen LogP contribution in [0.5, 0.6) is 23.0 Å². The fourth-order valence-electron chi connectivity index (χ4n) is 4.58. The number of aliphatic hydroxyl groups is 4. The summed E-state index contributed by atoms with van der Waals surface area (Å²) >= 11 is 0. The molecule has 1 saturated heterocycles. The van der Waals surface area contributed by atoms with Crippen molar-refractivity contribution in [3.8, 4) is 23.0 Å². The van der Waals surface area contributed by atoms with Gasteiger partial charge in [-0.1, -0.05) is 0 Å². The predicted octanol–water partition coefficient (Wildman–Crippen LogP) is -1.19. The molecule has 1 aliphatic carbocycles. The zero-order chi connectivity index (χ0) is 26.1. The van der Waals surface area contributed by atoms with Gasteiger partial charge in [0.25, 0.3) is 0 Å². The Kier molecular flexibility index (Phi) is 5.70. The molecule has 0 radical (unpaired) electrons. The first kappa shape index (κ1) is 24.4. The van der Waals surface area contributed by atoms with Crippen LogP contribution >= 0.6 is 0 Å². The van der Waals surface area contributed by atoms with Crippen LogP contribution in [0, 0.1) is 6.92 Å². The minimum absolute atomic E-state index is 0.308. The number of aromatic carboxylic acids is 1. The molecule has 4 rings (SSSR count). The quantitative estimate of drug-likeness (QED) is 0.154. The molecule has 13 nitrogen and oxygen atoms in total. The van der Waals surface area contributed by atoms with Gasteiger partial charge in [0.05, 0.1) is 23.3 Å². The van der Waals surface area contributed by atoms with E-state index in [9.17, 15) is 60.3 Å². The molecule has 2 aromatic rings. The number of aromatic hydroxyl groups is 4. The molecular weight excluding hydrogens is 472 g/mol. The van der Waals surface area contributed by atoms with Gasteiger partial charge in [-0.15, -0.1) is 0 Å². The number of fused-ring (bicyclic) bond motifs is 2. The average Bonchev–Trinajstić information content (AvgIpc) is 2.79. The summed E-state index contributed by atoms with van der Waals surface area (Å²) < 4.78 is 5.30. The van der Waals surface area contributed by atoms with Crippen molar-refractivity contribution in [3.63, 3.8) is 0 Å². The standard InChI is InChI=1S/C22H20O13/c1-4-8-5(2-6(24)9(4)22(33)34)13(25)10-11(15(8)27)16(28)12(18(30)17(10)29)21-20(32)19(31)14(26)7(3-23)35-21/h2,7,14,19-21,23-24,26,28-32H,3H2,1H3,(H,33,34)/t7-,14+,19-,20-,21+/m1/s1. The van der Waals surface area contributed by atoms with Crippen LogP contribution in [0.2, 0.25) is 0 Å². The molecule has 0 spiro atoms. The highest BCUT2D eigenvalue weighted by Gasteiger charge is 2.48. The molecule has 1 aliphatic heterocycles. The number of benzene rings is 2. The molecule has 0 amide bonds. The molecule has 5 atom stereocenters. The maximum Gasteiger partial charge on any atom is 0.339 e. The van der Waals surface area contributed by atoms with E-state index in [4.69, 9.17) is 4.74 Å². The van der Waals surface area contributed by atoms with Crippen LogP contribution in [-0.4, -0.2) is 94.5 Å². The van der Waals surface area contributed by atoms with E-state index in [1.807, 2.05) is 0 Å². The highest BCUT2D eigenvalue weighted by Crippen LogP contribution is 2.52. The van der Waals surface area contributed by atoms with Gasteiger partial charge in [0.2, 0.25) is 0 Å². The van der Waals surface area contributed by atoms with E-state index in [1.54, 1.807) is 0 Å². The predicted molar refractivity (Wildman–Crippen MR) is 111 cm³/mol. The van der Waals surface area contributed by atoms with Crippen molar-refractivity contribution in [2.45, 2.75) is 37.4 Å². The summed E-state index contributed by atoms with van der Waals surface area (Å²) in [4.78, 5) is 38.1. The first-order valence-electron chi connectivity index (χ1n) is 10.2. The van der Waals surface area contributed by atoms with Gasteiger partial charge < -0.3 is 50.7 Å². The summed E-state index contributed by atoms with van der Waals surface area (Å²) in [6, 6.07) is 0.716. The Morgan fingerprint density at radius 3 is 2.06 bits per heavy atom. The third kappa shape index (κ3) is 3.25. The minimum atomic E-state index is -2.03. The Bertz CT molecular complexity index is 1300. The van der Waals surface area contributed by atoms with E-state index >= 15 is 0 Å². The molecule has 2 aliphatic rings. The van der Waals surface area contributed by atoms with Gasteiger partial charge in [0, 0.05) is 11.1 Å². The Morgan fingerprint density at radius 1 is 0.886 bits per heavy atom. The third-order valence-electron chi connectivity index (χ3n) is 6.33. The molecule has 35 heavy (non-hydrogen) atoms. The molecule has 1 heterocycles. The van der Waals surface area contributed by atoms with Gasteiger partial charge in [-0.3, -0.25) is 9.59 Å². The summed E-state index contributed by atoms with van der Waals surface area (Å²) in [5.41, 5.74) is -4.49. The van der Waals surface area contributed by atoms with Crippen molar-refractivity contribution >= 4 is 17.5 Å². The van der Waals surface area contributed by atoms with Gasteiger partial charge >= 0.3 is 5.97 Å². The second kappa shape index (κ2) is 8.18. The summed E-state index contributed by atoms with van der Waals surface area (Å²) in [5, 5.41) is 91.5. The second-order valence-electron chi connectivity index (χ2n) is 8.24. The van der Waals surface area contributed by atoms with E-state index in [0.29, 0.717) is 6.07 Å². The van der Waals surface area contributed by atoms with Crippen molar-refractivity contribution < 1.29 is 65.1 Å². The highest BCUT2D eigenvalue weighted by molar-refractivity contribution is 6.31. The van der Waals surface area contributed by atoms with Crippen molar-refractivity contribution in [1.29, 1.82) is 0 Å². The normalized spacial score (nSPS) is 25.8. The maximum atomic E-state index is 13.4. The van der Waals surface area contributed by atoms with Crippen LogP contribution in [0.3, 0.4) is 0 Å². The number of carboxylic acid groups (broad SMARTS) is 1. The van der Waals surface area contributed by atoms with E-state index in [1.165, 1.54) is 0 Å². The van der Waals surface area contributed by atoms with Crippen LogP contribution in [0.1, 0.15) is 59.4 Å². The van der Waals surface area contributed by atoms with Crippen molar-refractivity contribution in [2.75, 3.05) is 6.61 Å². The number of aliphatic hydroxyl groups excluding tert-OH is 4. The molecular formula is C22H20O13. The molecule has 1 fully saturated rings. The van der Waals surface area contributed by atoms with E-state index < -0.39 is 111 Å². The van der Waals surface area contributed by atoms with E-state index in [2.05, 4.69) is 0 Å². The molecule has 2 aromatic carbocycles. The smallest absolute Gasteiger partial charge is 0.339 e. The number of phenolic OH excluding ortho intramolecular Hbond substituents is 3. The van der Waals surface area contributed by atoms with Gasteiger partial charge in [0.1, 0.15) is 47.6 Å². The number of hydrogen-bond donors (Lipinski definition) is 9. The lowest BCUT2D eigenvalue weighted by molar-refractivity contribution is -0.232. The fourth-order valence-corrected chi connectivity index (χ4v) is 4.58. The highest BCUT2D eigenvalue weighted by atomic mass is 16.5. The maximum absolute atomic E-state index is 13.4. The minimum Gasteiger partial charge on any atom is -0.507 e. The number of ether oxygens (including phenoxy) is 1. The molecule has 9 N–H and O–H groups in total. The Balaban J connectivity index is 1.99. The van der Waals surface area contributed by atoms with Crippen LogP contribution in [0.4, 0.5) is 0 Å². The summed E-state index contributed by atoms with van der Waals surface area (Å²) in [6.07, 6.45) is -9.12. The van der Waals surface area contributed by atoms with E-state index in [0.717, 1.165) is 6.92 Å². The Morgan fingerprint density at radius 2 is 1.49 bits per heavy atom. The first-order valence-corrected chi connectivity index (χ1v) is 10.2. The van der Waals surface area contributed by atoms with Crippen LogP contribution < -0.4 is 0 Å². The monoisotopic (exact) mass is 492 g/mol. The topological polar surface area (TPSA) is 243 Å². The molecule has 0 saturated carbocycles. The Hall–Kier alpha value is -3.75. The summed E-state index contributed by atoms with van der Waals surface area (Å²) in [7, 11) is 0. The van der Waals surface area contributed by atoms with Gasteiger partial charge in [-0.25, -0.2) is 4.79 Å². The largest absolute Gasteiger partial charge is 0.507 e. The fraction of sp³-hybridized carbons (Fsp3) is 0.318. The SMILES string of the molecule is Cc1c(C(=O)O)c(O)cc2c1C(=O)c1c(O)c([C@@H]3O[C@H](CO)[C@H](O)[C@@H](O)[C@H]3O)c(O)c(O)c1C2=O. The van der Waals surface area contributed by atoms with E-state index in [-0.39, 0.29) is 5.56 Å². The zero-order valence-corrected chi connectivity index (χ0v) is 17.8. The zero-order valence-electron chi connectivity index (χ0n) is 17.8. The molecule has 0 unspecified atom stereocenters. The lowest BCUT2D eigenvalue weighted by atomic mass is 9.77. The van der Waals surface area contributed by atoms with Gasteiger partial charge in [-0.05, 0) is 18.6 Å². The number of carbonyl (C=O) groups excluding carboxylic acids is 2. The van der Waals surface area contributed by atoms with Crippen LogP contribution in [0.25, 0.3) is 0 Å². The molecule has 0 aromatic heterocycles. The number of carbonyl (C=O) groups is 3. The molecule has 186 valence electrons. The Labute approximate surface area is 195 Å². The lowest BCUT2D eigenvalue weighted by Gasteiger charge is -2.40. The van der Waals surface area contributed by atoms with Crippen molar-refractivity contribution in [2.24, 2.45) is 0 Å². The van der Waals surface area contributed by atoms with Crippen LogP contribution in [-0.2, 0) is 4.74 Å². The number of rotatable bonds is 3. The van der Waals surface area contributed by atoms with Gasteiger partial charge in [-0.2, -0.15) is 0 Å². The summed E-state index contributed by atoms with van der Waals surface area (Å²) in [6.45, 7) is 0.291. The second-order valence-corrected chi connectivity index (χ2v) is 8.24. The molecule has 13 heteroatoms. The van der Waals surface area contributed by atoms with Crippen molar-refractivity contribution in [1.82, 2.24) is 0 Å². The number of carboxylic acids is 1. The van der Waals surface area contributed by atoms with Crippen molar-refractivity contribution in [3.05, 3.63) is 45.0 Å². The third-order valence-corrected chi connectivity index (χ3v) is 6.33.